The molecule has 0 spiro atoms. The van der Waals surface area contributed by atoms with E-state index in [0.717, 1.165) is 6.07 Å². The van der Waals surface area contributed by atoms with Gasteiger partial charge in [-0.25, -0.2) is 13.8 Å². The molecule has 3 rings (SSSR count). The number of pyridine rings is 1. The maximum atomic E-state index is 14.1. The number of rotatable bonds is 3. The second-order valence-corrected chi connectivity index (χ2v) is 5.09. The van der Waals surface area contributed by atoms with Crippen molar-refractivity contribution in [2.45, 2.75) is 20.8 Å². The molecule has 0 bridgehead atoms. The van der Waals surface area contributed by atoms with Crippen LogP contribution in [-0.4, -0.2) is 22.3 Å². The smallest absolute Gasteiger partial charge is 0.253 e. The molecule has 0 radical (unpaired) electrons. The van der Waals surface area contributed by atoms with Crippen LogP contribution in [-0.2, 0) is 0 Å². The van der Waals surface area contributed by atoms with E-state index in [0.29, 0.717) is 10.6 Å². The Labute approximate surface area is 148 Å². The van der Waals surface area contributed by atoms with E-state index in [2.05, 4.69) is 15.2 Å². The molecule has 0 N–H and O–H groups in total. The number of nitrogens with zero attached hydrogens (tertiary/aromatic N) is 3. The van der Waals surface area contributed by atoms with E-state index >= 15 is 0 Å². The SMILES string of the molecule is CC.COc1ncc(Cl)cc1-c1nnc(-c2ccc(F)c(C)c2F)o1. The van der Waals surface area contributed by atoms with Gasteiger partial charge in [0.1, 0.15) is 17.2 Å². The number of hydrogen-bond donors (Lipinski definition) is 0. The maximum Gasteiger partial charge on any atom is 0.253 e. The quantitative estimate of drug-likeness (QED) is 0.646. The molecule has 2 heterocycles. The highest BCUT2D eigenvalue weighted by atomic mass is 35.5. The van der Waals surface area contributed by atoms with Gasteiger partial charge in [-0.3, -0.25) is 0 Å². The largest absolute Gasteiger partial charge is 0.480 e. The Balaban J connectivity index is 0.00000109. The van der Waals surface area contributed by atoms with Crippen LogP contribution in [0.15, 0.2) is 28.8 Å². The summed E-state index contributed by atoms with van der Waals surface area (Å²) in [4.78, 5) is 3.99. The van der Waals surface area contributed by atoms with E-state index in [1.54, 1.807) is 0 Å². The lowest BCUT2D eigenvalue weighted by atomic mass is 10.1. The van der Waals surface area contributed by atoms with E-state index in [-0.39, 0.29) is 28.8 Å². The molecule has 132 valence electrons. The molecule has 0 amide bonds. The molecule has 5 nitrogen and oxygen atoms in total. The number of benzene rings is 1. The summed E-state index contributed by atoms with van der Waals surface area (Å²) in [7, 11) is 1.43. The summed E-state index contributed by atoms with van der Waals surface area (Å²) < 4.78 is 38.1. The van der Waals surface area contributed by atoms with Crippen molar-refractivity contribution >= 4 is 11.6 Å². The van der Waals surface area contributed by atoms with Crippen molar-refractivity contribution in [3.63, 3.8) is 0 Å². The average molecular weight is 368 g/mol. The van der Waals surface area contributed by atoms with Gasteiger partial charge < -0.3 is 9.15 Å². The highest BCUT2D eigenvalue weighted by Crippen LogP contribution is 2.32. The Morgan fingerprint density at radius 2 is 1.72 bits per heavy atom. The van der Waals surface area contributed by atoms with Crippen LogP contribution in [0.5, 0.6) is 5.88 Å². The summed E-state index contributed by atoms with van der Waals surface area (Å²) in [6.45, 7) is 5.33. The number of halogens is 3. The normalized spacial score (nSPS) is 10.2. The minimum Gasteiger partial charge on any atom is -0.480 e. The Morgan fingerprint density at radius 3 is 2.36 bits per heavy atom. The molecule has 0 aliphatic carbocycles. The summed E-state index contributed by atoms with van der Waals surface area (Å²) in [5, 5.41) is 8.00. The summed E-state index contributed by atoms with van der Waals surface area (Å²) in [5.41, 5.74) is 0.263. The Kier molecular flexibility index (Phi) is 6.03. The van der Waals surface area contributed by atoms with Gasteiger partial charge >= 0.3 is 0 Å². The zero-order valence-corrected chi connectivity index (χ0v) is 14.9. The van der Waals surface area contributed by atoms with Crippen molar-refractivity contribution < 1.29 is 17.9 Å². The summed E-state index contributed by atoms with van der Waals surface area (Å²) in [5.74, 6) is -1.18. The van der Waals surface area contributed by atoms with Crippen LogP contribution in [0.25, 0.3) is 22.9 Å². The molecule has 0 aliphatic rings. The molecule has 0 unspecified atom stereocenters. The van der Waals surface area contributed by atoms with Gasteiger partial charge in [-0.2, -0.15) is 0 Å². The minimum absolute atomic E-state index is 0.0107. The lowest BCUT2D eigenvalue weighted by molar-refractivity contribution is 0.397. The van der Waals surface area contributed by atoms with Crippen molar-refractivity contribution in [3.8, 4) is 28.8 Å². The fourth-order valence-electron chi connectivity index (χ4n) is 2.01. The molecule has 2 aromatic heterocycles. The number of methoxy groups -OCH3 is 1. The molecule has 0 aliphatic heterocycles. The fourth-order valence-corrected chi connectivity index (χ4v) is 2.17. The Morgan fingerprint density at radius 1 is 1.08 bits per heavy atom. The van der Waals surface area contributed by atoms with Gasteiger partial charge in [-0.1, -0.05) is 25.4 Å². The van der Waals surface area contributed by atoms with Crippen molar-refractivity contribution in [1.29, 1.82) is 0 Å². The summed E-state index contributed by atoms with van der Waals surface area (Å²) >= 11 is 5.90. The molecule has 25 heavy (non-hydrogen) atoms. The zero-order chi connectivity index (χ0) is 18.6. The highest BCUT2D eigenvalue weighted by molar-refractivity contribution is 6.30. The lowest BCUT2D eigenvalue weighted by Gasteiger charge is -2.04. The third kappa shape index (κ3) is 3.76. The van der Waals surface area contributed by atoms with Crippen molar-refractivity contribution in [3.05, 3.63) is 46.6 Å². The van der Waals surface area contributed by atoms with E-state index in [1.165, 1.54) is 32.4 Å². The van der Waals surface area contributed by atoms with E-state index in [1.807, 2.05) is 13.8 Å². The van der Waals surface area contributed by atoms with Crippen LogP contribution in [0, 0.1) is 18.6 Å². The van der Waals surface area contributed by atoms with E-state index in [9.17, 15) is 8.78 Å². The molecular formula is C17H16ClF2N3O2. The molecule has 0 saturated carbocycles. The number of ether oxygens (including phenoxy) is 1. The monoisotopic (exact) mass is 367 g/mol. The highest BCUT2D eigenvalue weighted by Gasteiger charge is 2.20. The van der Waals surface area contributed by atoms with E-state index < -0.39 is 11.6 Å². The lowest BCUT2D eigenvalue weighted by Crippen LogP contribution is -1.92. The zero-order valence-electron chi connectivity index (χ0n) is 14.1. The molecule has 8 heteroatoms. The van der Waals surface area contributed by atoms with Crippen molar-refractivity contribution in [2.75, 3.05) is 7.11 Å². The first-order valence-corrected chi connectivity index (χ1v) is 7.87. The maximum absolute atomic E-state index is 14.1. The topological polar surface area (TPSA) is 61.0 Å². The van der Waals surface area contributed by atoms with Crippen molar-refractivity contribution in [1.82, 2.24) is 15.2 Å². The standard InChI is InChI=1S/C15H10ClF2N3O2.C2H6/c1-7-11(17)4-3-9(12(7)18)14-20-21-15(23-14)10-5-8(16)6-19-13(10)22-2;1-2/h3-6H,1-2H3;1-2H3. The van der Waals surface area contributed by atoms with Crippen LogP contribution in [0.3, 0.4) is 0 Å². The second kappa shape index (κ2) is 8.02. The van der Waals surface area contributed by atoms with Gasteiger partial charge in [0.25, 0.3) is 11.8 Å². The van der Waals surface area contributed by atoms with Gasteiger partial charge in [-0.15, -0.1) is 10.2 Å². The van der Waals surface area contributed by atoms with Gasteiger partial charge in [0.05, 0.1) is 17.7 Å². The van der Waals surface area contributed by atoms with Crippen LogP contribution >= 0.6 is 11.6 Å². The predicted molar refractivity (Wildman–Crippen MR) is 90.5 cm³/mol. The Bertz CT molecular complexity index is 884. The molecule has 0 saturated heterocycles. The first-order valence-electron chi connectivity index (χ1n) is 7.49. The second-order valence-electron chi connectivity index (χ2n) is 4.66. The third-order valence-electron chi connectivity index (χ3n) is 3.22. The molecule has 1 aromatic carbocycles. The fraction of sp³-hybridized carbons (Fsp3) is 0.235. The van der Waals surface area contributed by atoms with Gasteiger partial charge in [0.15, 0.2) is 0 Å². The summed E-state index contributed by atoms with van der Waals surface area (Å²) in [6.07, 6.45) is 1.41. The van der Waals surface area contributed by atoms with E-state index in [4.69, 9.17) is 20.8 Å². The number of hydrogen-bond acceptors (Lipinski definition) is 5. The van der Waals surface area contributed by atoms with Gasteiger partial charge in [-0.05, 0) is 25.1 Å². The molecule has 3 aromatic rings. The molecule has 0 fully saturated rings. The summed E-state index contributed by atoms with van der Waals surface area (Å²) in [6, 6.07) is 3.92. The first kappa shape index (κ1) is 18.8. The molecule has 0 atom stereocenters. The van der Waals surface area contributed by atoms with Crippen LogP contribution in [0.2, 0.25) is 5.02 Å². The van der Waals surface area contributed by atoms with Crippen LogP contribution < -0.4 is 4.74 Å². The Hall–Kier alpha value is -2.54. The van der Waals surface area contributed by atoms with Crippen molar-refractivity contribution in [2.24, 2.45) is 0 Å². The average Bonchev–Trinajstić information content (AvgIpc) is 3.11. The van der Waals surface area contributed by atoms with Gasteiger partial charge in [0, 0.05) is 11.8 Å². The predicted octanol–water partition coefficient (Wildman–Crippen LogP) is 5.07. The first-order chi connectivity index (χ1) is 12.0. The number of aromatic nitrogens is 3. The molecular weight excluding hydrogens is 352 g/mol. The van der Waals surface area contributed by atoms with Crippen LogP contribution in [0.4, 0.5) is 8.78 Å². The minimum atomic E-state index is -0.753. The third-order valence-corrected chi connectivity index (χ3v) is 3.42. The van der Waals surface area contributed by atoms with Crippen LogP contribution in [0.1, 0.15) is 19.4 Å². The van der Waals surface area contributed by atoms with Gasteiger partial charge in [0.2, 0.25) is 5.88 Å².